The summed E-state index contributed by atoms with van der Waals surface area (Å²) in [7, 11) is 4.12. The molecule has 29 heavy (non-hydrogen) atoms. The van der Waals surface area contributed by atoms with Gasteiger partial charge in [-0.1, -0.05) is 0 Å². The van der Waals surface area contributed by atoms with Crippen molar-refractivity contribution < 1.29 is 28.6 Å². The Kier molecular flexibility index (Phi) is 10.3. The minimum absolute atomic E-state index is 0.357. The highest BCUT2D eigenvalue weighted by molar-refractivity contribution is 5.82. The molecule has 0 aliphatic rings. The van der Waals surface area contributed by atoms with Crippen molar-refractivity contribution in [3.8, 4) is 0 Å². The number of nitrogens with one attached hydrogen (secondary N) is 3. The van der Waals surface area contributed by atoms with Crippen molar-refractivity contribution in [2.24, 2.45) is 17.2 Å². The first-order chi connectivity index (χ1) is 13.3. The Balaban J connectivity index is 4.94. The Morgan fingerprint density at radius 1 is 0.724 bits per heavy atom. The molecule has 0 atom stereocenters. The average Bonchev–Trinajstić information content (AvgIpc) is 2.58. The largest absolute Gasteiger partial charge is 0.456 e. The summed E-state index contributed by atoms with van der Waals surface area (Å²) in [6.07, 6.45) is -1.60. The summed E-state index contributed by atoms with van der Waals surface area (Å²) in [6, 6.07) is 0. The molecule has 0 aliphatic heterocycles. The van der Waals surface area contributed by atoms with Gasteiger partial charge in [-0.25, -0.2) is 0 Å². The third-order valence-corrected chi connectivity index (χ3v) is 3.24. The third-order valence-electron chi connectivity index (χ3n) is 3.24. The van der Waals surface area contributed by atoms with Crippen molar-refractivity contribution in [2.75, 3.05) is 47.4 Å². The van der Waals surface area contributed by atoms with E-state index in [0.717, 1.165) is 14.7 Å². The van der Waals surface area contributed by atoms with Crippen LogP contribution in [0.1, 0.15) is 0 Å². The molecule has 0 saturated carbocycles. The first-order valence-corrected chi connectivity index (χ1v) is 8.03. The van der Waals surface area contributed by atoms with Crippen LogP contribution in [-0.2, 0) is 28.6 Å². The van der Waals surface area contributed by atoms with E-state index < -0.39 is 55.8 Å². The molecule has 0 fully saturated rings. The maximum Gasteiger partial charge on any atom is 0.328 e. The number of ether oxygens (including phenoxy) is 3. The number of esters is 3. The van der Waals surface area contributed by atoms with E-state index in [9.17, 15) is 14.4 Å². The quantitative estimate of drug-likeness (QED) is 0.0875. The molecule has 0 spiro atoms. The molecule has 0 heterocycles. The number of carbonyl (C=O) groups excluding carboxylic acids is 3. The lowest BCUT2D eigenvalue weighted by Gasteiger charge is -2.22. The number of hydrogen-bond donors (Lipinski definition) is 6. The Morgan fingerprint density at radius 3 is 1.34 bits per heavy atom. The topological polar surface area (TPSA) is 238 Å². The summed E-state index contributed by atoms with van der Waals surface area (Å²) in [6.45, 7) is -1.82. The normalized spacial score (nSPS) is 10.9. The number of rotatable bonds is 10. The van der Waals surface area contributed by atoms with E-state index in [2.05, 4.69) is 0 Å². The molecule has 0 aliphatic carbocycles. The van der Waals surface area contributed by atoms with Crippen LogP contribution in [0.4, 0.5) is 0 Å². The van der Waals surface area contributed by atoms with E-state index in [4.69, 9.17) is 47.6 Å². The van der Waals surface area contributed by atoms with Crippen LogP contribution in [0, 0.1) is 16.2 Å². The molecule has 0 radical (unpaired) electrons. The van der Waals surface area contributed by atoms with Gasteiger partial charge in [0.1, 0.15) is 19.6 Å². The lowest BCUT2D eigenvalue weighted by Crippen LogP contribution is -2.42. The molecular formula is C14H27N9O6. The first kappa shape index (κ1) is 25.2. The SMILES string of the molecule is CN(CC(=O)OCC(OC(=O)CN(C)C(=N)N)OC(=O)CN(C)C(=N)N)C(=N)N. The number of nitrogens with zero attached hydrogens (tertiary/aromatic N) is 3. The number of guanidine groups is 3. The van der Waals surface area contributed by atoms with E-state index in [1.807, 2.05) is 0 Å². The summed E-state index contributed by atoms with van der Waals surface area (Å²) < 4.78 is 14.8. The van der Waals surface area contributed by atoms with Gasteiger partial charge in [0.15, 0.2) is 24.5 Å². The van der Waals surface area contributed by atoms with Crippen LogP contribution in [0.25, 0.3) is 0 Å². The molecule has 0 saturated heterocycles. The molecule has 164 valence electrons. The Hall–Kier alpha value is -3.78. The zero-order chi connectivity index (χ0) is 22.7. The highest BCUT2D eigenvalue weighted by atomic mass is 16.7. The van der Waals surface area contributed by atoms with E-state index in [0.29, 0.717) is 0 Å². The predicted octanol–water partition coefficient (Wildman–Crippen LogP) is -3.58. The summed E-state index contributed by atoms with van der Waals surface area (Å²) >= 11 is 0. The third kappa shape index (κ3) is 10.8. The maximum absolute atomic E-state index is 11.9. The summed E-state index contributed by atoms with van der Waals surface area (Å²) in [5, 5.41) is 21.6. The molecule has 0 amide bonds. The van der Waals surface area contributed by atoms with E-state index in [1.54, 1.807) is 0 Å². The molecule has 15 nitrogen and oxygen atoms in total. The van der Waals surface area contributed by atoms with Crippen LogP contribution in [0.5, 0.6) is 0 Å². The number of likely N-dealkylation sites (N-methyl/N-ethyl adjacent to an activating group) is 3. The molecular weight excluding hydrogens is 390 g/mol. The average molecular weight is 417 g/mol. The second-order valence-electron chi connectivity index (χ2n) is 5.82. The van der Waals surface area contributed by atoms with Gasteiger partial charge < -0.3 is 46.1 Å². The molecule has 0 aromatic rings. The molecule has 0 rings (SSSR count). The minimum atomic E-state index is -1.60. The smallest absolute Gasteiger partial charge is 0.328 e. The van der Waals surface area contributed by atoms with Crippen molar-refractivity contribution in [1.29, 1.82) is 16.2 Å². The summed E-state index contributed by atoms with van der Waals surface area (Å²) in [5.74, 6) is -3.78. The maximum atomic E-state index is 11.9. The standard InChI is InChI=1S/C14H27N9O6/c1-21(12(15)16)4-8(24)27-7-11(28-9(25)5-22(2)13(17)18)29-10(26)6-23(3)14(19)20/h11H,4-7H2,1-3H3,(H3,15,16)(H3,17,18)(H3,19,20). The van der Waals surface area contributed by atoms with Crippen LogP contribution in [0.3, 0.4) is 0 Å². The molecule has 0 aromatic heterocycles. The van der Waals surface area contributed by atoms with Gasteiger partial charge in [-0.05, 0) is 0 Å². The molecule has 9 N–H and O–H groups in total. The second-order valence-corrected chi connectivity index (χ2v) is 5.82. The van der Waals surface area contributed by atoms with Gasteiger partial charge in [-0.15, -0.1) is 0 Å². The van der Waals surface area contributed by atoms with Crippen LogP contribution >= 0.6 is 0 Å². The highest BCUT2D eigenvalue weighted by Gasteiger charge is 2.23. The zero-order valence-electron chi connectivity index (χ0n) is 16.4. The van der Waals surface area contributed by atoms with Crippen molar-refractivity contribution in [3.05, 3.63) is 0 Å². The molecule has 0 aromatic carbocycles. The van der Waals surface area contributed by atoms with Gasteiger partial charge in [-0.2, -0.15) is 0 Å². The van der Waals surface area contributed by atoms with Gasteiger partial charge in [0, 0.05) is 21.1 Å². The minimum Gasteiger partial charge on any atom is -0.456 e. The van der Waals surface area contributed by atoms with Gasteiger partial charge in [0.25, 0.3) is 6.29 Å². The van der Waals surface area contributed by atoms with E-state index >= 15 is 0 Å². The van der Waals surface area contributed by atoms with Crippen molar-refractivity contribution in [1.82, 2.24) is 14.7 Å². The fourth-order valence-electron chi connectivity index (χ4n) is 1.50. The lowest BCUT2D eigenvalue weighted by molar-refractivity contribution is -0.199. The second kappa shape index (κ2) is 11.8. The fraction of sp³-hybridized carbons (Fsp3) is 0.571. The van der Waals surface area contributed by atoms with Gasteiger partial charge >= 0.3 is 17.9 Å². The zero-order valence-corrected chi connectivity index (χ0v) is 16.4. The van der Waals surface area contributed by atoms with Gasteiger partial charge in [0.05, 0.1) is 0 Å². The molecule has 0 bridgehead atoms. The van der Waals surface area contributed by atoms with Crippen molar-refractivity contribution in [2.45, 2.75) is 6.29 Å². The van der Waals surface area contributed by atoms with Crippen LogP contribution < -0.4 is 17.2 Å². The number of hydrogen-bond acceptors (Lipinski definition) is 9. The monoisotopic (exact) mass is 417 g/mol. The Bertz CT molecular complexity index is 619. The number of nitrogens with two attached hydrogens (primary N) is 3. The van der Waals surface area contributed by atoms with E-state index in [-0.39, 0.29) is 12.5 Å². The van der Waals surface area contributed by atoms with Crippen LogP contribution in [-0.4, -0.2) is 104 Å². The van der Waals surface area contributed by atoms with Crippen molar-refractivity contribution in [3.63, 3.8) is 0 Å². The van der Waals surface area contributed by atoms with Gasteiger partial charge in [0.2, 0.25) is 0 Å². The lowest BCUT2D eigenvalue weighted by atomic mass is 10.5. The predicted molar refractivity (Wildman–Crippen MR) is 101 cm³/mol. The molecule has 15 heteroatoms. The first-order valence-electron chi connectivity index (χ1n) is 8.03. The summed E-state index contributed by atoms with van der Waals surface area (Å²) in [5.41, 5.74) is 15.7. The van der Waals surface area contributed by atoms with Gasteiger partial charge in [-0.3, -0.25) is 30.6 Å². The van der Waals surface area contributed by atoms with Crippen molar-refractivity contribution >= 4 is 35.8 Å². The van der Waals surface area contributed by atoms with Crippen LogP contribution in [0.2, 0.25) is 0 Å². The van der Waals surface area contributed by atoms with Crippen LogP contribution in [0.15, 0.2) is 0 Å². The number of carbonyl (C=O) groups is 3. The molecule has 0 unspecified atom stereocenters. The Morgan fingerprint density at radius 2 is 1.03 bits per heavy atom. The fourth-order valence-corrected chi connectivity index (χ4v) is 1.50. The van der Waals surface area contributed by atoms with E-state index in [1.165, 1.54) is 21.1 Å². The Labute approximate surface area is 167 Å². The summed E-state index contributed by atoms with van der Waals surface area (Å²) in [4.78, 5) is 38.9. The highest BCUT2D eigenvalue weighted by Crippen LogP contribution is 2.01.